The molecule has 1 aliphatic carbocycles. The van der Waals surface area contributed by atoms with Crippen molar-refractivity contribution in [1.82, 2.24) is 10.3 Å². The third kappa shape index (κ3) is 4.99. The highest BCUT2D eigenvalue weighted by atomic mass is 16.5. The number of aromatic nitrogens is 1. The lowest BCUT2D eigenvalue weighted by molar-refractivity contribution is 0.240. The van der Waals surface area contributed by atoms with Crippen LogP contribution in [0.3, 0.4) is 0 Å². The van der Waals surface area contributed by atoms with Crippen molar-refractivity contribution in [3.05, 3.63) is 24.0 Å². The standard InChI is InChI=1S/C18H30N2O/c1-14(2)21-17-11-16(12-20-13-17)18(19-3)15-9-7-5-4-6-8-10-15/h11-15,18-19H,4-10H2,1-3H3. The van der Waals surface area contributed by atoms with Crippen LogP contribution in [0.4, 0.5) is 0 Å². The second-order valence-electron chi connectivity index (χ2n) is 6.49. The Balaban J connectivity index is 2.11. The number of hydrogen-bond acceptors (Lipinski definition) is 3. The van der Waals surface area contributed by atoms with Gasteiger partial charge >= 0.3 is 0 Å². The summed E-state index contributed by atoms with van der Waals surface area (Å²) in [6.45, 7) is 4.11. The van der Waals surface area contributed by atoms with Crippen molar-refractivity contribution in [1.29, 1.82) is 0 Å². The predicted molar refractivity (Wildman–Crippen MR) is 87.6 cm³/mol. The zero-order chi connectivity index (χ0) is 15.1. The van der Waals surface area contributed by atoms with E-state index >= 15 is 0 Å². The Kier molecular flexibility index (Phi) is 6.50. The minimum absolute atomic E-state index is 0.191. The number of ether oxygens (including phenoxy) is 1. The second-order valence-corrected chi connectivity index (χ2v) is 6.49. The van der Waals surface area contributed by atoms with Crippen LogP contribution in [0.5, 0.6) is 5.75 Å². The van der Waals surface area contributed by atoms with E-state index in [2.05, 4.69) is 37.3 Å². The van der Waals surface area contributed by atoms with Gasteiger partial charge in [0, 0.05) is 12.2 Å². The average molecular weight is 290 g/mol. The summed E-state index contributed by atoms with van der Waals surface area (Å²) in [5, 5.41) is 3.52. The molecule has 0 amide bonds. The first-order chi connectivity index (χ1) is 10.2. The van der Waals surface area contributed by atoms with Crippen LogP contribution in [-0.4, -0.2) is 18.1 Å². The lowest BCUT2D eigenvalue weighted by atomic mass is 9.83. The van der Waals surface area contributed by atoms with E-state index in [9.17, 15) is 0 Å². The maximum absolute atomic E-state index is 5.79. The number of rotatable bonds is 5. The van der Waals surface area contributed by atoms with Crippen molar-refractivity contribution in [3.63, 3.8) is 0 Å². The third-order valence-electron chi connectivity index (χ3n) is 4.40. The van der Waals surface area contributed by atoms with E-state index in [1.54, 1.807) is 0 Å². The summed E-state index contributed by atoms with van der Waals surface area (Å²) in [6.07, 6.45) is 13.6. The summed E-state index contributed by atoms with van der Waals surface area (Å²) in [5.41, 5.74) is 1.27. The molecule has 1 aliphatic rings. The van der Waals surface area contributed by atoms with Crippen LogP contribution in [0, 0.1) is 5.92 Å². The predicted octanol–water partition coefficient (Wildman–Crippen LogP) is 4.49. The maximum atomic E-state index is 5.79. The van der Waals surface area contributed by atoms with Gasteiger partial charge in [-0.1, -0.05) is 32.1 Å². The van der Waals surface area contributed by atoms with E-state index in [-0.39, 0.29) is 6.10 Å². The Morgan fingerprint density at radius 3 is 2.38 bits per heavy atom. The maximum Gasteiger partial charge on any atom is 0.138 e. The Morgan fingerprint density at radius 2 is 1.76 bits per heavy atom. The zero-order valence-corrected chi connectivity index (χ0v) is 13.8. The Labute approximate surface area is 129 Å². The average Bonchev–Trinajstić information content (AvgIpc) is 2.41. The summed E-state index contributed by atoms with van der Waals surface area (Å²) >= 11 is 0. The fourth-order valence-electron chi connectivity index (χ4n) is 3.44. The molecule has 1 N–H and O–H groups in total. The molecule has 2 rings (SSSR count). The SMILES string of the molecule is CNC(c1cncc(OC(C)C)c1)C1CCCCCCC1. The molecule has 3 nitrogen and oxygen atoms in total. The molecule has 1 unspecified atom stereocenters. The fraction of sp³-hybridized carbons (Fsp3) is 0.722. The minimum Gasteiger partial charge on any atom is -0.489 e. The van der Waals surface area contributed by atoms with Crippen LogP contribution in [0.25, 0.3) is 0 Å². The van der Waals surface area contributed by atoms with Gasteiger partial charge in [-0.15, -0.1) is 0 Å². The molecule has 118 valence electrons. The van der Waals surface area contributed by atoms with Gasteiger partial charge in [0.1, 0.15) is 5.75 Å². The van der Waals surface area contributed by atoms with Gasteiger partial charge in [0.2, 0.25) is 0 Å². The van der Waals surface area contributed by atoms with Crippen molar-refractivity contribution in [2.24, 2.45) is 5.92 Å². The number of nitrogens with zero attached hydrogens (tertiary/aromatic N) is 1. The molecular weight excluding hydrogens is 260 g/mol. The Bertz CT molecular complexity index is 411. The van der Waals surface area contributed by atoms with Crippen LogP contribution < -0.4 is 10.1 Å². The molecule has 21 heavy (non-hydrogen) atoms. The van der Waals surface area contributed by atoms with Crippen LogP contribution in [0.1, 0.15) is 70.4 Å². The molecule has 1 heterocycles. The minimum atomic E-state index is 0.191. The normalized spacial score (nSPS) is 19.0. The molecule has 0 radical (unpaired) electrons. The first-order valence-electron chi connectivity index (χ1n) is 8.49. The van der Waals surface area contributed by atoms with Crippen molar-refractivity contribution in [2.45, 2.75) is 70.9 Å². The van der Waals surface area contributed by atoms with Crippen LogP contribution in [0.2, 0.25) is 0 Å². The first kappa shape index (κ1) is 16.3. The van der Waals surface area contributed by atoms with Crippen LogP contribution in [0.15, 0.2) is 18.5 Å². The van der Waals surface area contributed by atoms with E-state index in [0.717, 1.165) is 5.75 Å². The summed E-state index contributed by atoms with van der Waals surface area (Å²) in [4.78, 5) is 4.38. The van der Waals surface area contributed by atoms with Crippen molar-refractivity contribution >= 4 is 0 Å². The van der Waals surface area contributed by atoms with E-state index in [0.29, 0.717) is 12.0 Å². The first-order valence-corrected chi connectivity index (χ1v) is 8.49. The molecule has 1 fully saturated rings. The topological polar surface area (TPSA) is 34.2 Å². The Morgan fingerprint density at radius 1 is 1.10 bits per heavy atom. The van der Waals surface area contributed by atoms with Gasteiger partial charge < -0.3 is 10.1 Å². The van der Waals surface area contributed by atoms with Crippen molar-refractivity contribution < 1.29 is 4.74 Å². The number of pyridine rings is 1. The summed E-state index contributed by atoms with van der Waals surface area (Å²) in [6, 6.07) is 2.55. The second kappa shape index (κ2) is 8.38. The highest BCUT2D eigenvalue weighted by molar-refractivity contribution is 5.26. The van der Waals surface area contributed by atoms with E-state index < -0.39 is 0 Å². The lowest BCUT2D eigenvalue weighted by Gasteiger charge is -2.29. The molecule has 3 heteroatoms. The van der Waals surface area contributed by atoms with Gasteiger partial charge in [-0.05, 0) is 51.3 Å². The molecular formula is C18H30N2O. The quantitative estimate of drug-likeness (QED) is 0.867. The molecule has 0 aromatic carbocycles. The van der Waals surface area contributed by atoms with Crippen LogP contribution in [-0.2, 0) is 0 Å². The van der Waals surface area contributed by atoms with E-state index in [4.69, 9.17) is 4.74 Å². The Hall–Kier alpha value is -1.09. The van der Waals surface area contributed by atoms with Gasteiger partial charge in [-0.3, -0.25) is 4.98 Å². The highest BCUT2D eigenvalue weighted by Gasteiger charge is 2.23. The van der Waals surface area contributed by atoms with Crippen molar-refractivity contribution in [3.8, 4) is 5.75 Å². The number of nitrogens with one attached hydrogen (secondary N) is 1. The third-order valence-corrected chi connectivity index (χ3v) is 4.40. The van der Waals surface area contributed by atoms with E-state index in [1.807, 2.05) is 12.4 Å². The summed E-state index contributed by atoms with van der Waals surface area (Å²) in [5.74, 6) is 1.60. The van der Waals surface area contributed by atoms with E-state index in [1.165, 1.54) is 50.5 Å². The molecule has 1 aromatic heterocycles. The smallest absolute Gasteiger partial charge is 0.138 e. The fourth-order valence-corrected chi connectivity index (χ4v) is 3.44. The molecule has 0 spiro atoms. The molecule has 1 atom stereocenters. The van der Waals surface area contributed by atoms with Gasteiger partial charge in [0.05, 0.1) is 12.3 Å². The molecule has 0 saturated heterocycles. The van der Waals surface area contributed by atoms with Gasteiger partial charge in [-0.25, -0.2) is 0 Å². The van der Waals surface area contributed by atoms with Crippen molar-refractivity contribution in [2.75, 3.05) is 7.05 Å². The van der Waals surface area contributed by atoms with Gasteiger partial charge in [0.25, 0.3) is 0 Å². The molecule has 1 aromatic rings. The van der Waals surface area contributed by atoms with Gasteiger partial charge in [0.15, 0.2) is 0 Å². The van der Waals surface area contributed by atoms with Crippen LogP contribution >= 0.6 is 0 Å². The summed E-state index contributed by atoms with van der Waals surface area (Å²) in [7, 11) is 2.07. The van der Waals surface area contributed by atoms with Gasteiger partial charge in [-0.2, -0.15) is 0 Å². The molecule has 0 bridgehead atoms. The number of hydrogen-bond donors (Lipinski definition) is 1. The summed E-state index contributed by atoms with van der Waals surface area (Å²) < 4.78 is 5.79. The largest absolute Gasteiger partial charge is 0.489 e. The monoisotopic (exact) mass is 290 g/mol. The molecule has 0 aliphatic heterocycles. The zero-order valence-electron chi connectivity index (χ0n) is 13.8. The lowest BCUT2D eigenvalue weighted by Crippen LogP contribution is -2.26. The molecule has 1 saturated carbocycles. The highest BCUT2D eigenvalue weighted by Crippen LogP contribution is 2.33.